The third-order valence-electron chi connectivity index (χ3n) is 4.83. The molecule has 28 heavy (non-hydrogen) atoms. The molecule has 0 fully saturated rings. The van der Waals surface area contributed by atoms with Gasteiger partial charge in [0.2, 0.25) is 0 Å². The van der Waals surface area contributed by atoms with Gasteiger partial charge in [0.15, 0.2) is 0 Å². The molecule has 2 aromatic carbocycles. The summed E-state index contributed by atoms with van der Waals surface area (Å²) in [7, 11) is 0.181. The van der Waals surface area contributed by atoms with Crippen molar-refractivity contribution in [2.75, 3.05) is 32.5 Å². The summed E-state index contributed by atoms with van der Waals surface area (Å²) in [5.41, 5.74) is 3.08. The minimum atomic E-state index is -3.80. The molecule has 1 aromatic heterocycles. The zero-order valence-corrected chi connectivity index (χ0v) is 17.5. The van der Waals surface area contributed by atoms with Gasteiger partial charge in [0, 0.05) is 30.4 Å². The normalized spacial score (nSPS) is 12.1. The van der Waals surface area contributed by atoms with Gasteiger partial charge >= 0.3 is 0 Å². The van der Waals surface area contributed by atoms with E-state index in [4.69, 9.17) is 0 Å². The molecule has 150 valence electrons. The summed E-state index contributed by atoms with van der Waals surface area (Å²) in [6.07, 6.45) is 2.35. The van der Waals surface area contributed by atoms with Crippen molar-refractivity contribution in [3.05, 3.63) is 59.5 Å². The topological polar surface area (TPSA) is 54.3 Å². The third kappa shape index (κ3) is 3.91. The number of anilines is 1. The molecule has 0 saturated carbocycles. The van der Waals surface area contributed by atoms with Gasteiger partial charge in [-0.15, -0.1) is 0 Å². The third-order valence-corrected chi connectivity index (χ3v) is 6.49. The first kappa shape index (κ1) is 20.4. The van der Waals surface area contributed by atoms with E-state index in [-0.39, 0.29) is 10.7 Å². The second-order valence-electron chi connectivity index (χ2n) is 7.18. The Hall–Kier alpha value is -2.38. The summed E-state index contributed by atoms with van der Waals surface area (Å²) in [5.74, 6) is -0.384. The lowest BCUT2D eigenvalue weighted by Crippen LogP contribution is -2.21. The fourth-order valence-corrected chi connectivity index (χ4v) is 4.70. The molecular formula is C21H26FN3O2S. The number of hydrogen-bond acceptors (Lipinski definition) is 4. The summed E-state index contributed by atoms with van der Waals surface area (Å²) in [5, 5.41) is 3.94. The predicted molar refractivity (Wildman–Crippen MR) is 112 cm³/mol. The summed E-state index contributed by atoms with van der Waals surface area (Å²) in [4.78, 5) is 2.27. The Morgan fingerprint density at radius 1 is 1.14 bits per heavy atom. The van der Waals surface area contributed by atoms with Crippen LogP contribution in [0.25, 0.3) is 10.9 Å². The molecule has 5 nitrogen and oxygen atoms in total. The van der Waals surface area contributed by atoms with E-state index in [1.165, 1.54) is 22.2 Å². The number of likely N-dealkylation sites (N-methyl/N-ethyl adjacent to an activating group) is 1. The van der Waals surface area contributed by atoms with Gasteiger partial charge < -0.3 is 10.2 Å². The first-order valence-electron chi connectivity index (χ1n) is 9.28. The van der Waals surface area contributed by atoms with Crippen LogP contribution < -0.4 is 5.32 Å². The van der Waals surface area contributed by atoms with E-state index in [2.05, 4.69) is 10.2 Å². The van der Waals surface area contributed by atoms with Gasteiger partial charge in [-0.05, 0) is 68.9 Å². The van der Waals surface area contributed by atoms with E-state index >= 15 is 0 Å². The summed E-state index contributed by atoms with van der Waals surface area (Å²) < 4.78 is 41.5. The van der Waals surface area contributed by atoms with Crippen molar-refractivity contribution in [1.82, 2.24) is 8.87 Å². The van der Waals surface area contributed by atoms with Crippen LogP contribution in [-0.4, -0.2) is 44.5 Å². The van der Waals surface area contributed by atoms with E-state index < -0.39 is 10.0 Å². The molecule has 0 atom stereocenters. The number of fused-ring (bicyclic) bond motifs is 1. The molecule has 0 unspecified atom stereocenters. The summed E-state index contributed by atoms with van der Waals surface area (Å²) in [6.45, 7) is 5.38. The molecule has 0 amide bonds. The first-order chi connectivity index (χ1) is 13.2. The highest BCUT2D eigenvalue weighted by Crippen LogP contribution is 2.28. The fourth-order valence-electron chi connectivity index (χ4n) is 3.25. The molecule has 1 heterocycles. The highest BCUT2D eigenvalue weighted by molar-refractivity contribution is 7.90. The Kier molecular flexibility index (Phi) is 5.76. The van der Waals surface area contributed by atoms with Gasteiger partial charge in [-0.1, -0.05) is 13.0 Å². The fraction of sp³-hybridized carbons (Fsp3) is 0.333. The SMILES string of the molecule is CCc1ccc(S(=O)(=O)n2cc(C)c3cc(F)ccc32)cc1NCCN(C)C. The Balaban J connectivity index is 2.05. The van der Waals surface area contributed by atoms with Crippen molar-refractivity contribution < 1.29 is 12.8 Å². The van der Waals surface area contributed by atoms with E-state index in [0.717, 1.165) is 24.2 Å². The quantitative estimate of drug-likeness (QED) is 0.651. The number of aromatic nitrogens is 1. The zero-order valence-electron chi connectivity index (χ0n) is 16.7. The van der Waals surface area contributed by atoms with Crippen LogP contribution in [0, 0.1) is 12.7 Å². The lowest BCUT2D eigenvalue weighted by Gasteiger charge is -2.16. The maximum atomic E-state index is 13.6. The lowest BCUT2D eigenvalue weighted by atomic mass is 10.1. The summed E-state index contributed by atoms with van der Waals surface area (Å²) >= 11 is 0. The first-order valence-corrected chi connectivity index (χ1v) is 10.7. The molecule has 0 aliphatic heterocycles. The maximum Gasteiger partial charge on any atom is 0.268 e. The van der Waals surface area contributed by atoms with E-state index in [1.54, 1.807) is 25.3 Å². The van der Waals surface area contributed by atoms with E-state index in [9.17, 15) is 12.8 Å². The molecule has 3 aromatic rings. The molecule has 0 spiro atoms. The molecule has 0 aliphatic carbocycles. The second-order valence-corrected chi connectivity index (χ2v) is 8.99. The monoisotopic (exact) mass is 403 g/mol. The largest absolute Gasteiger partial charge is 0.384 e. The van der Waals surface area contributed by atoms with Crippen LogP contribution in [-0.2, 0) is 16.4 Å². The number of nitrogens with one attached hydrogen (secondary N) is 1. The second kappa shape index (κ2) is 7.93. The highest BCUT2D eigenvalue weighted by Gasteiger charge is 2.21. The number of aryl methyl sites for hydroxylation is 2. The molecule has 0 bridgehead atoms. The lowest BCUT2D eigenvalue weighted by molar-refractivity contribution is 0.425. The molecule has 0 saturated heterocycles. The highest BCUT2D eigenvalue weighted by atomic mass is 32.2. The van der Waals surface area contributed by atoms with Crippen molar-refractivity contribution in [2.24, 2.45) is 0 Å². The average Bonchev–Trinajstić information content (AvgIpc) is 2.98. The Bertz CT molecular complexity index is 1100. The van der Waals surface area contributed by atoms with Gasteiger partial charge in [0.1, 0.15) is 5.82 Å². The molecule has 7 heteroatoms. The van der Waals surface area contributed by atoms with Crippen LogP contribution in [0.5, 0.6) is 0 Å². The molecule has 1 N–H and O–H groups in total. The number of nitrogens with zero attached hydrogens (tertiary/aromatic N) is 2. The van der Waals surface area contributed by atoms with Crippen molar-refractivity contribution in [3.63, 3.8) is 0 Å². The van der Waals surface area contributed by atoms with E-state index in [0.29, 0.717) is 23.0 Å². The van der Waals surface area contributed by atoms with Gasteiger partial charge in [0.25, 0.3) is 10.0 Å². The van der Waals surface area contributed by atoms with Crippen LogP contribution in [0.2, 0.25) is 0 Å². The summed E-state index contributed by atoms with van der Waals surface area (Å²) in [6, 6.07) is 9.33. The minimum Gasteiger partial charge on any atom is -0.384 e. The van der Waals surface area contributed by atoms with Crippen molar-refractivity contribution >= 4 is 26.6 Å². The zero-order chi connectivity index (χ0) is 20.5. The van der Waals surface area contributed by atoms with Crippen LogP contribution in [0.4, 0.5) is 10.1 Å². The standard InChI is InChI=1S/C21H26FN3O2S/c1-5-16-6-8-18(13-20(16)23-10-11-24(3)4)28(26,27)25-14-15(2)19-12-17(22)7-9-21(19)25/h6-9,12-14,23H,5,10-11H2,1-4H3. The Morgan fingerprint density at radius 3 is 2.57 bits per heavy atom. The maximum absolute atomic E-state index is 13.6. The van der Waals surface area contributed by atoms with Gasteiger partial charge in [-0.2, -0.15) is 0 Å². The molecule has 3 rings (SSSR count). The van der Waals surface area contributed by atoms with Crippen LogP contribution in [0.1, 0.15) is 18.1 Å². The van der Waals surface area contributed by atoms with Crippen molar-refractivity contribution in [2.45, 2.75) is 25.2 Å². The van der Waals surface area contributed by atoms with Gasteiger partial charge in [0.05, 0.1) is 10.4 Å². The van der Waals surface area contributed by atoms with Gasteiger partial charge in [-0.25, -0.2) is 16.8 Å². The number of hydrogen-bond donors (Lipinski definition) is 1. The number of benzene rings is 2. The van der Waals surface area contributed by atoms with E-state index in [1.807, 2.05) is 27.1 Å². The molecule has 0 aliphatic rings. The average molecular weight is 404 g/mol. The smallest absolute Gasteiger partial charge is 0.268 e. The predicted octanol–water partition coefficient (Wildman–Crippen LogP) is 3.86. The van der Waals surface area contributed by atoms with Crippen LogP contribution >= 0.6 is 0 Å². The van der Waals surface area contributed by atoms with Crippen LogP contribution in [0.3, 0.4) is 0 Å². The van der Waals surface area contributed by atoms with Crippen molar-refractivity contribution in [3.8, 4) is 0 Å². The Labute approximate surface area is 165 Å². The minimum absolute atomic E-state index is 0.207. The Morgan fingerprint density at radius 2 is 1.89 bits per heavy atom. The number of halogens is 1. The van der Waals surface area contributed by atoms with Crippen molar-refractivity contribution in [1.29, 1.82) is 0 Å². The molecular weight excluding hydrogens is 377 g/mol. The molecule has 0 radical (unpaired) electrons. The number of rotatable bonds is 7. The van der Waals surface area contributed by atoms with Crippen LogP contribution in [0.15, 0.2) is 47.5 Å². The van der Waals surface area contributed by atoms with Gasteiger partial charge in [-0.3, -0.25) is 0 Å².